The molecule has 2 amide bonds. The molecule has 0 aromatic heterocycles. The Labute approximate surface area is 108 Å². The van der Waals surface area contributed by atoms with Gasteiger partial charge in [-0.15, -0.1) is 0 Å². The van der Waals surface area contributed by atoms with Crippen molar-refractivity contribution in [1.82, 2.24) is 16.0 Å². The molecule has 0 aromatic carbocycles. The first-order valence-corrected chi connectivity index (χ1v) is 6.25. The fourth-order valence-electron chi connectivity index (χ4n) is 2.15. The van der Waals surface area contributed by atoms with Gasteiger partial charge in [-0.2, -0.15) is 0 Å². The van der Waals surface area contributed by atoms with Crippen molar-refractivity contribution in [3.05, 3.63) is 0 Å². The van der Waals surface area contributed by atoms with Gasteiger partial charge in [0, 0.05) is 5.54 Å². The quantitative estimate of drug-likeness (QED) is 0.598. The number of rotatable bonds is 3. The van der Waals surface area contributed by atoms with Crippen molar-refractivity contribution in [2.24, 2.45) is 0 Å². The Morgan fingerprint density at radius 3 is 2.28 bits per heavy atom. The van der Waals surface area contributed by atoms with Crippen molar-refractivity contribution in [2.75, 3.05) is 13.1 Å². The second kappa shape index (κ2) is 5.56. The van der Waals surface area contributed by atoms with Gasteiger partial charge in [-0.05, 0) is 46.7 Å². The highest BCUT2D eigenvalue weighted by atomic mass is 16.4. The highest BCUT2D eigenvalue weighted by molar-refractivity contribution is 5.77. The molecule has 0 atom stereocenters. The first-order chi connectivity index (χ1) is 8.22. The van der Waals surface area contributed by atoms with Crippen LogP contribution < -0.4 is 16.0 Å². The molecule has 18 heavy (non-hydrogen) atoms. The standard InChI is InChI=1S/C12H23N3O3/c1-11(2,3)14-10(18)15-12(8-9(16)17)4-6-13-7-5-12/h13H,4-8H2,1-3H3,(H,16,17)(H2,14,15,18). The fourth-order valence-corrected chi connectivity index (χ4v) is 2.15. The predicted molar refractivity (Wildman–Crippen MR) is 68.5 cm³/mol. The lowest BCUT2D eigenvalue weighted by molar-refractivity contribution is -0.138. The van der Waals surface area contributed by atoms with Crippen molar-refractivity contribution < 1.29 is 14.7 Å². The number of carbonyl (C=O) groups excluding carboxylic acids is 1. The number of carbonyl (C=O) groups is 2. The van der Waals surface area contributed by atoms with Crippen LogP contribution in [0.3, 0.4) is 0 Å². The maximum atomic E-state index is 11.9. The van der Waals surface area contributed by atoms with Gasteiger partial charge in [0.05, 0.1) is 12.0 Å². The summed E-state index contributed by atoms with van der Waals surface area (Å²) < 4.78 is 0. The van der Waals surface area contributed by atoms with Crippen LogP contribution in [0.2, 0.25) is 0 Å². The van der Waals surface area contributed by atoms with E-state index in [1.165, 1.54) is 0 Å². The molecule has 1 saturated heterocycles. The zero-order valence-corrected chi connectivity index (χ0v) is 11.3. The van der Waals surface area contributed by atoms with Gasteiger partial charge in [-0.1, -0.05) is 0 Å². The SMILES string of the molecule is CC(C)(C)NC(=O)NC1(CC(=O)O)CCNCC1. The normalized spacial score (nSPS) is 19.1. The Bertz CT molecular complexity index is 317. The zero-order valence-electron chi connectivity index (χ0n) is 11.3. The van der Waals surface area contributed by atoms with Crippen LogP contribution in [-0.2, 0) is 4.79 Å². The second-order valence-electron chi connectivity index (χ2n) is 5.93. The Kier molecular flexibility index (Phi) is 4.56. The lowest BCUT2D eigenvalue weighted by atomic mass is 9.85. The monoisotopic (exact) mass is 257 g/mol. The summed E-state index contributed by atoms with van der Waals surface area (Å²) in [5.41, 5.74) is -0.964. The summed E-state index contributed by atoms with van der Waals surface area (Å²) in [6.45, 7) is 7.11. The Balaban J connectivity index is 2.66. The summed E-state index contributed by atoms with van der Waals surface area (Å²) in [7, 11) is 0. The summed E-state index contributed by atoms with van der Waals surface area (Å²) in [6, 6.07) is -0.300. The van der Waals surface area contributed by atoms with Crippen molar-refractivity contribution in [3.8, 4) is 0 Å². The molecule has 1 rings (SSSR count). The third-order valence-corrected chi connectivity index (χ3v) is 2.92. The van der Waals surface area contributed by atoms with Crippen molar-refractivity contribution in [2.45, 2.75) is 51.1 Å². The first-order valence-electron chi connectivity index (χ1n) is 6.25. The average molecular weight is 257 g/mol. The molecule has 1 fully saturated rings. The highest BCUT2D eigenvalue weighted by Gasteiger charge is 2.36. The largest absolute Gasteiger partial charge is 0.481 e. The van der Waals surface area contributed by atoms with Gasteiger partial charge in [0.25, 0.3) is 0 Å². The third-order valence-electron chi connectivity index (χ3n) is 2.92. The van der Waals surface area contributed by atoms with Gasteiger partial charge in [0.15, 0.2) is 0 Å². The van der Waals surface area contributed by atoms with Gasteiger partial charge < -0.3 is 21.1 Å². The number of urea groups is 1. The smallest absolute Gasteiger partial charge is 0.315 e. The van der Waals surface area contributed by atoms with E-state index in [1.807, 2.05) is 20.8 Å². The van der Waals surface area contributed by atoms with Crippen molar-refractivity contribution in [1.29, 1.82) is 0 Å². The molecule has 0 bridgehead atoms. The van der Waals surface area contributed by atoms with E-state index in [2.05, 4.69) is 16.0 Å². The number of hydrogen-bond donors (Lipinski definition) is 4. The number of amides is 2. The first kappa shape index (κ1) is 14.8. The average Bonchev–Trinajstić information content (AvgIpc) is 2.13. The van der Waals surface area contributed by atoms with Crippen LogP contribution in [0.1, 0.15) is 40.0 Å². The van der Waals surface area contributed by atoms with Crippen molar-refractivity contribution >= 4 is 12.0 Å². The maximum Gasteiger partial charge on any atom is 0.315 e. The molecule has 0 unspecified atom stereocenters. The van der Waals surface area contributed by atoms with E-state index < -0.39 is 11.5 Å². The Hall–Kier alpha value is -1.30. The molecule has 0 radical (unpaired) electrons. The molecule has 6 nitrogen and oxygen atoms in total. The van der Waals surface area contributed by atoms with Crippen LogP contribution in [0.25, 0.3) is 0 Å². The topological polar surface area (TPSA) is 90.5 Å². The third kappa shape index (κ3) is 4.91. The minimum Gasteiger partial charge on any atom is -0.481 e. The highest BCUT2D eigenvalue weighted by Crippen LogP contribution is 2.22. The van der Waals surface area contributed by atoms with Crippen LogP contribution in [0.15, 0.2) is 0 Å². The molecular weight excluding hydrogens is 234 g/mol. The molecule has 0 aromatic rings. The van der Waals surface area contributed by atoms with Gasteiger partial charge in [-0.25, -0.2) is 4.79 Å². The molecule has 0 aliphatic carbocycles. The molecule has 1 heterocycles. The fraction of sp³-hybridized carbons (Fsp3) is 0.833. The zero-order chi connectivity index (χ0) is 13.8. The summed E-state index contributed by atoms with van der Waals surface area (Å²) in [5.74, 6) is -0.882. The van der Waals surface area contributed by atoms with E-state index in [4.69, 9.17) is 5.11 Å². The van der Waals surface area contributed by atoms with E-state index >= 15 is 0 Å². The molecule has 1 aliphatic rings. The van der Waals surface area contributed by atoms with Crippen LogP contribution >= 0.6 is 0 Å². The second-order valence-corrected chi connectivity index (χ2v) is 5.93. The number of hydrogen-bond acceptors (Lipinski definition) is 3. The summed E-state index contributed by atoms with van der Waals surface area (Å²) in [6.07, 6.45) is 1.24. The summed E-state index contributed by atoms with van der Waals surface area (Å²) in [5, 5.41) is 17.8. The summed E-state index contributed by atoms with van der Waals surface area (Å²) >= 11 is 0. The van der Waals surface area contributed by atoms with Gasteiger partial charge in [0.1, 0.15) is 0 Å². The van der Waals surface area contributed by atoms with Crippen LogP contribution in [-0.4, -0.2) is 41.3 Å². The number of carboxylic acids is 1. The van der Waals surface area contributed by atoms with E-state index in [1.54, 1.807) is 0 Å². The predicted octanol–water partition coefficient (Wildman–Crippen LogP) is 0.681. The molecular formula is C12H23N3O3. The van der Waals surface area contributed by atoms with Crippen LogP contribution in [0.5, 0.6) is 0 Å². The van der Waals surface area contributed by atoms with Crippen LogP contribution in [0.4, 0.5) is 4.79 Å². The maximum absolute atomic E-state index is 11.9. The molecule has 1 aliphatic heterocycles. The summed E-state index contributed by atoms with van der Waals surface area (Å²) in [4.78, 5) is 22.8. The van der Waals surface area contributed by atoms with Crippen LogP contribution in [0, 0.1) is 0 Å². The lowest BCUT2D eigenvalue weighted by Crippen LogP contribution is -2.59. The molecule has 0 saturated carbocycles. The number of piperidine rings is 1. The number of carboxylic acid groups (broad SMARTS) is 1. The number of nitrogens with one attached hydrogen (secondary N) is 3. The Morgan fingerprint density at radius 2 is 1.83 bits per heavy atom. The van der Waals surface area contributed by atoms with E-state index in [0.29, 0.717) is 12.8 Å². The van der Waals surface area contributed by atoms with Crippen molar-refractivity contribution in [3.63, 3.8) is 0 Å². The Morgan fingerprint density at radius 1 is 1.28 bits per heavy atom. The molecule has 4 N–H and O–H groups in total. The van der Waals surface area contributed by atoms with E-state index in [0.717, 1.165) is 13.1 Å². The lowest BCUT2D eigenvalue weighted by Gasteiger charge is -2.38. The van der Waals surface area contributed by atoms with Gasteiger partial charge in [0.2, 0.25) is 0 Å². The minimum absolute atomic E-state index is 0.0355. The van der Waals surface area contributed by atoms with E-state index in [-0.39, 0.29) is 18.0 Å². The van der Waals surface area contributed by atoms with Gasteiger partial charge in [-0.3, -0.25) is 4.79 Å². The minimum atomic E-state index is -0.882. The molecule has 104 valence electrons. The van der Waals surface area contributed by atoms with E-state index in [9.17, 15) is 9.59 Å². The number of aliphatic carboxylic acids is 1. The molecule has 0 spiro atoms. The molecule has 6 heteroatoms. The van der Waals surface area contributed by atoms with Gasteiger partial charge >= 0.3 is 12.0 Å².